The van der Waals surface area contributed by atoms with Crippen LogP contribution in [0, 0.1) is 11.6 Å². The van der Waals surface area contributed by atoms with Crippen LogP contribution in [0.1, 0.15) is 45.0 Å². The lowest BCUT2D eigenvalue weighted by Gasteiger charge is -2.13. The summed E-state index contributed by atoms with van der Waals surface area (Å²) in [7, 11) is 5.65. The van der Waals surface area contributed by atoms with E-state index in [1.807, 2.05) is 6.07 Å². The van der Waals surface area contributed by atoms with Gasteiger partial charge in [-0.25, -0.2) is 18.4 Å². The zero-order valence-electron chi connectivity index (χ0n) is 23.5. The summed E-state index contributed by atoms with van der Waals surface area (Å²) in [6.07, 6.45) is 2.19. The third-order valence-electron chi connectivity index (χ3n) is 6.81. The van der Waals surface area contributed by atoms with Gasteiger partial charge in [0.15, 0.2) is 0 Å². The van der Waals surface area contributed by atoms with Gasteiger partial charge >= 0.3 is 11.9 Å². The highest BCUT2D eigenvalue weighted by atomic mass is 35.5. The fraction of sp³-hybridized carbons (Fsp3) is 0.212. The van der Waals surface area contributed by atoms with Crippen LogP contribution in [0.2, 0.25) is 5.02 Å². The van der Waals surface area contributed by atoms with Crippen molar-refractivity contribution in [3.63, 3.8) is 0 Å². The van der Waals surface area contributed by atoms with E-state index in [1.165, 1.54) is 63.8 Å². The number of carbonyl (C=O) groups excluding carboxylic acids is 2. The van der Waals surface area contributed by atoms with E-state index in [-0.39, 0.29) is 11.4 Å². The lowest BCUT2D eigenvalue weighted by atomic mass is 9.94. The van der Waals surface area contributed by atoms with Crippen LogP contribution < -0.4 is 9.47 Å². The maximum absolute atomic E-state index is 14.3. The molecule has 0 amide bonds. The van der Waals surface area contributed by atoms with Gasteiger partial charge in [0.1, 0.15) is 23.1 Å². The molecule has 0 spiro atoms. The smallest absolute Gasteiger partial charge is 0.337 e. The Balaban J connectivity index is 0.000000194. The molecule has 0 unspecified atom stereocenters. The van der Waals surface area contributed by atoms with E-state index in [2.05, 4.69) is 4.74 Å². The molecule has 0 saturated heterocycles. The predicted molar refractivity (Wildman–Crippen MR) is 156 cm³/mol. The molecule has 0 N–H and O–H groups in total. The second-order valence-corrected chi connectivity index (χ2v) is 9.85. The van der Waals surface area contributed by atoms with Crippen molar-refractivity contribution in [2.75, 3.05) is 28.4 Å². The summed E-state index contributed by atoms with van der Waals surface area (Å²) >= 11 is 6.09. The molecule has 0 heterocycles. The molecule has 0 atom stereocenters. The van der Waals surface area contributed by atoms with Gasteiger partial charge in [-0.3, -0.25) is 0 Å². The van der Waals surface area contributed by atoms with Crippen LogP contribution in [0.15, 0.2) is 72.8 Å². The number of carbonyl (C=O) groups is 2. The molecule has 4 aromatic rings. The molecule has 4 aromatic carbocycles. The van der Waals surface area contributed by atoms with Gasteiger partial charge in [-0.05, 0) is 96.6 Å². The van der Waals surface area contributed by atoms with Gasteiger partial charge in [0.05, 0.1) is 39.6 Å². The number of esters is 2. The molecule has 1 aliphatic rings. The van der Waals surface area contributed by atoms with Crippen molar-refractivity contribution in [2.45, 2.75) is 18.8 Å². The van der Waals surface area contributed by atoms with Crippen LogP contribution in [0.25, 0.3) is 22.3 Å². The fourth-order valence-electron chi connectivity index (χ4n) is 4.44. The summed E-state index contributed by atoms with van der Waals surface area (Å²) in [4.78, 5) is 23.3. The summed E-state index contributed by atoms with van der Waals surface area (Å²) in [5.41, 5.74) is 3.65. The van der Waals surface area contributed by atoms with Gasteiger partial charge in [0.2, 0.25) is 0 Å². The second kappa shape index (κ2) is 13.5. The number of ether oxygens (including phenoxy) is 4. The normalized spacial score (nSPS) is 12.1. The monoisotopic (exact) mass is 594 g/mol. The van der Waals surface area contributed by atoms with Crippen LogP contribution >= 0.6 is 11.6 Å². The third kappa shape index (κ3) is 6.89. The van der Waals surface area contributed by atoms with Crippen LogP contribution in [0.4, 0.5) is 8.78 Å². The Kier molecular flexibility index (Phi) is 9.80. The highest BCUT2D eigenvalue weighted by molar-refractivity contribution is 6.33. The number of hydrogen-bond donors (Lipinski definition) is 0. The van der Waals surface area contributed by atoms with Crippen molar-refractivity contribution < 1.29 is 37.3 Å². The predicted octanol–water partition coefficient (Wildman–Crippen LogP) is 8.11. The average molecular weight is 595 g/mol. The minimum Gasteiger partial charge on any atom is -0.497 e. The molecule has 0 bridgehead atoms. The third-order valence-corrected chi connectivity index (χ3v) is 7.14. The minimum atomic E-state index is -0.508. The minimum absolute atomic E-state index is 0.264. The molecule has 42 heavy (non-hydrogen) atoms. The Bertz CT molecular complexity index is 1620. The lowest BCUT2D eigenvalue weighted by molar-refractivity contribution is 0.0592. The largest absolute Gasteiger partial charge is 0.497 e. The molecular formula is C33H29ClF2O6. The summed E-state index contributed by atoms with van der Waals surface area (Å²) in [5, 5.41) is 0.338. The molecule has 0 aromatic heterocycles. The first-order chi connectivity index (χ1) is 20.2. The molecule has 0 radical (unpaired) electrons. The number of hydrogen-bond acceptors (Lipinski definition) is 6. The lowest BCUT2D eigenvalue weighted by Crippen LogP contribution is -2.03. The van der Waals surface area contributed by atoms with Crippen molar-refractivity contribution in [1.82, 2.24) is 0 Å². The van der Waals surface area contributed by atoms with Crippen LogP contribution in [-0.4, -0.2) is 40.4 Å². The molecule has 1 fully saturated rings. The van der Waals surface area contributed by atoms with E-state index in [4.69, 9.17) is 25.8 Å². The SMILES string of the molecule is COC(=O)c1ccc(C2CC2)c(-c2cc(OC)ccc2F)c1.COC(=O)c1ccc(Cl)c(-c2cc(OC)ccc2F)c1. The van der Waals surface area contributed by atoms with Crippen molar-refractivity contribution in [3.05, 3.63) is 106 Å². The topological polar surface area (TPSA) is 71.1 Å². The second-order valence-electron chi connectivity index (χ2n) is 9.45. The van der Waals surface area contributed by atoms with Gasteiger partial charge in [0, 0.05) is 21.7 Å². The first-order valence-electron chi connectivity index (χ1n) is 13.0. The first-order valence-corrected chi connectivity index (χ1v) is 13.4. The Hall–Kier alpha value is -4.43. The van der Waals surface area contributed by atoms with Crippen LogP contribution in [0.5, 0.6) is 11.5 Å². The maximum Gasteiger partial charge on any atom is 0.337 e. The Morgan fingerprint density at radius 1 is 0.643 bits per heavy atom. The Labute approximate surface area is 247 Å². The highest BCUT2D eigenvalue weighted by Gasteiger charge is 2.28. The molecule has 5 rings (SSSR count). The molecular weight excluding hydrogens is 566 g/mol. The van der Waals surface area contributed by atoms with Crippen LogP contribution in [-0.2, 0) is 9.47 Å². The Morgan fingerprint density at radius 3 is 1.60 bits per heavy atom. The summed E-state index contributed by atoms with van der Waals surface area (Å²) < 4.78 is 47.9. The summed E-state index contributed by atoms with van der Waals surface area (Å²) in [5.74, 6) is -0.188. The van der Waals surface area contributed by atoms with Gasteiger partial charge < -0.3 is 18.9 Å². The van der Waals surface area contributed by atoms with Crippen LogP contribution in [0.3, 0.4) is 0 Å². The number of benzene rings is 4. The molecule has 1 aliphatic carbocycles. The zero-order valence-corrected chi connectivity index (χ0v) is 24.3. The summed E-state index contributed by atoms with van der Waals surface area (Å²) in [6, 6.07) is 18.8. The van der Waals surface area contributed by atoms with Gasteiger partial charge in [0.25, 0.3) is 0 Å². The molecule has 1 saturated carbocycles. The first kappa shape index (κ1) is 30.5. The van der Waals surface area contributed by atoms with E-state index < -0.39 is 17.8 Å². The quantitative estimate of drug-likeness (QED) is 0.201. The van der Waals surface area contributed by atoms with Gasteiger partial charge in [-0.15, -0.1) is 0 Å². The van der Waals surface area contributed by atoms with E-state index in [0.717, 1.165) is 24.0 Å². The zero-order chi connectivity index (χ0) is 30.4. The van der Waals surface area contributed by atoms with E-state index in [9.17, 15) is 18.4 Å². The molecule has 0 aliphatic heterocycles. The van der Waals surface area contributed by atoms with E-state index in [0.29, 0.717) is 44.7 Å². The van der Waals surface area contributed by atoms with Gasteiger partial charge in [-0.2, -0.15) is 0 Å². The Morgan fingerprint density at radius 2 is 1.12 bits per heavy atom. The number of rotatable bonds is 7. The van der Waals surface area contributed by atoms with Crippen molar-refractivity contribution in [2.24, 2.45) is 0 Å². The van der Waals surface area contributed by atoms with Crippen molar-refractivity contribution in [3.8, 4) is 33.8 Å². The van der Waals surface area contributed by atoms with Crippen molar-refractivity contribution in [1.29, 1.82) is 0 Å². The highest BCUT2D eigenvalue weighted by Crippen LogP contribution is 2.45. The maximum atomic E-state index is 14.3. The molecule has 218 valence electrons. The summed E-state index contributed by atoms with van der Waals surface area (Å²) in [6.45, 7) is 0. The molecule has 6 nitrogen and oxygen atoms in total. The van der Waals surface area contributed by atoms with Crippen molar-refractivity contribution >= 4 is 23.5 Å². The fourth-order valence-corrected chi connectivity index (χ4v) is 4.66. The number of halogens is 3. The molecule has 9 heteroatoms. The van der Waals surface area contributed by atoms with E-state index in [1.54, 1.807) is 31.4 Å². The average Bonchev–Trinajstić information content (AvgIpc) is 3.87. The number of methoxy groups -OCH3 is 4. The van der Waals surface area contributed by atoms with E-state index >= 15 is 0 Å². The standard InChI is InChI=1S/C18H17FO3.C15H12ClFO3/c1-21-13-6-8-17(19)16(10-13)15-9-12(18(20)22-2)5-7-14(15)11-3-4-11;1-19-10-4-6-14(17)12(8-10)11-7-9(15(18)20-2)3-5-13(11)16/h5-11H,3-4H2,1-2H3;3-8H,1-2H3. The van der Waals surface area contributed by atoms with Gasteiger partial charge in [-0.1, -0.05) is 17.7 Å².